The molecule has 2 aliphatic rings. The summed E-state index contributed by atoms with van der Waals surface area (Å²) in [6.45, 7) is 0.173. The minimum atomic E-state index is -2.64. The Balaban J connectivity index is 1.70. The Labute approximate surface area is 150 Å². The van der Waals surface area contributed by atoms with Gasteiger partial charge in [0, 0.05) is 24.3 Å². The van der Waals surface area contributed by atoms with Crippen molar-refractivity contribution in [3.63, 3.8) is 0 Å². The number of hydrogen-bond acceptors (Lipinski definition) is 3. The first-order valence-electron chi connectivity index (χ1n) is 9.20. The molecule has 26 heavy (non-hydrogen) atoms. The lowest BCUT2D eigenvalue weighted by atomic mass is 9.93. The number of alkyl halides is 2. The van der Waals surface area contributed by atoms with E-state index in [1.54, 1.807) is 16.8 Å². The predicted molar refractivity (Wildman–Crippen MR) is 94.1 cm³/mol. The first-order valence-corrected chi connectivity index (χ1v) is 9.20. The molecule has 0 bridgehead atoms. The molecule has 1 saturated carbocycles. The molecule has 7 heteroatoms. The Hall–Kier alpha value is -2.31. The van der Waals surface area contributed by atoms with Gasteiger partial charge in [-0.25, -0.2) is 18.4 Å². The molecule has 0 aliphatic heterocycles. The van der Waals surface area contributed by atoms with Gasteiger partial charge in [-0.05, 0) is 38.2 Å². The van der Waals surface area contributed by atoms with Gasteiger partial charge in [0.05, 0.1) is 12.2 Å². The molecule has 2 atom stereocenters. The standard InChI is InChI=1S/C19H22F2N4O/c20-19(21)11-5-8-14(19)12-25-18(13-6-2-1-3-7-13)23-17(24-25)15-9-4-10-16(26)22-15/h1-2,4,9-10,13-14H,3,5-8,11-12H2,(H,22,26). The van der Waals surface area contributed by atoms with Crippen LogP contribution in [0, 0.1) is 5.92 Å². The summed E-state index contributed by atoms with van der Waals surface area (Å²) in [6.07, 6.45) is 7.98. The third-order valence-corrected chi connectivity index (χ3v) is 5.40. The number of aromatic nitrogens is 4. The first kappa shape index (κ1) is 17.1. The molecule has 0 radical (unpaired) electrons. The van der Waals surface area contributed by atoms with Crippen LogP contribution in [0.4, 0.5) is 8.78 Å². The van der Waals surface area contributed by atoms with Crippen molar-refractivity contribution >= 4 is 0 Å². The van der Waals surface area contributed by atoms with E-state index in [1.807, 2.05) is 0 Å². The second-order valence-electron chi connectivity index (χ2n) is 7.24. The molecule has 0 saturated heterocycles. The van der Waals surface area contributed by atoms with Crippen LogP contribution < -0.4 is 5.56 Å². The maximum absolute atomic E-state index is 14.1. The summed E-state index contributed by atoms with van der Waals surface area (Å²) in [5.74, 6) is -2.03. The highest BCUT2D eigenvalue weighted by Crippen LogP contribution is 2.41. The highest BCUT2D eigenvalue weighted by Gasteiger charge is 2.44. The highest BCUT2D eigenvalue weighted by molar-refractivity contribution is 5.48. The Bertz CT molecular complexity index is 870. The molecule has 1 fully saturated rings. The number of allylic oxidation sites excluding steroid dienone is 2. The van der Waals surface area contributed by atoms with Crippen molar-refractivity contribution in [3.8, 4) is 11.5 Å². The molecule has 2 aliphatic carbocycles. The van der Waals surface area contributed by atoms with Crippen LogP contribution in [0.1, 0.15) is 50.3 Å². The van der Waals surface area contributed by atoms with E-state index >= 15 is 0 Å². The Morgan fingerprint density at radius 1 is 1.27 bits per heavy atom. The van der Waals surface area contributed by atoms with Gasteiger partial charge in [0.1, 0.15) is 5.82 Å². The highest BCUT2D eigenvalue weighted by atomic mass is 19.3. The van der Waals surface area contributed by atoms with Crippen LogP contribution in [0.3, 0.4) is 0 Å². The maximum Gasteiger partial charge on any atom is 0.252 e. The number of halogens is 2. The van der Waals surface area contributed by atoms with Crippen molar-refractivity contribution < 1.29 is 8.78 Å². The molecule has 0 spiro atoms. The number of rotatable bonds is 4. The van der Waals surface area contributed by atoms with E-state index < -0.39 is 11.8 Å². The number of nitrogens with one attached hydrogen (secondary N) is 1. The maximum atomic E-state index is 14.1. The zero-order chi connectivity index (χ0) is 18.1. The van der Waals surface area contributed by atoms with Crippen LogP contribution in [0.25, 0.3) is 11.5 Å². The lowest BCUT2D eigenvalue weighted by molar-refractivity contribution is -0.0436. The molecular formula is C19H22F2N4O. The third kappa shape index (κ3) is 3.34. The van der Waals surface area contributed by atoms with Gasteiger partial charge >= 0.3 is 0 Å². The largest absolute Gasteiger partial charge is 0.319 e. The van der Waals surface area contributed by atoms with Crippen LogP contribution in [-0.2, 0) is 6.54 Å². The minimum Gasteiger partial charge on any atom is -0.319 e. The third-order valence-electron chi connectivity index (χ3n) is 5.40. The van der Waals surface area contributed by atoms with E-state index in [-0.39, 0.29) is 24.4 Å². The molecule has 5 nitrogen and oxygen atoms in total. The van der Waals surface area contributed by atoms with Crippen LogP contribution in [0.2, 0.25) is 0 Å². The Morgan fingerprint density at radius 3 is 2.85 bits per heavy atom. The van der Waals surface area contributed by atoms with Crippen molar-refractivity contribution in [2.75, 3.05) is 0 Å². The smallest absolute Gasteiger partial charge is 0.252 e. The fourth-order valence-electron chi connectivity index (χ4n) is 3.94. The zero-order valence-corrected chi connectivity index (χ0v) is 14.5. The van der Waals surface area contributed by atoms with Gasteiger partial charge in [0.15, 0.2) is 5.82 Å². The monoisotopic (exact) mass is 360 g/mol. The van der Waals surface area contributed by atoms with Crippen molar-refractivity contribution in [2.45, 2.75) is 56.9 Å². The van der Waals surface area contributed by atoms with Gasteiger partial charge in [-0.1, -0.05) is 18.2 Å². The minimum absolute atomic E-state index is 0.0489. The van der Waals surface area contributed by atoms with Gasteiger partial charge in [-0.3, -0.25) is 4.79 Å². The number of H-pyrrole nitrogens is 1. The molecule has 2 aromatic heterocycles. The van der Waals surface area contributed by atoms with Gasteiger partial charge in [-0.2, -0.15) is 0 Å². The van der Waals surface area contributed by atoms with E-state index in [4.69, 9.17) is 0 Å². The quantitative estimate of drug-likeness (QED) is 0.841. The fraction of sp³-hybridized carbons (Fsp3) is 0.526. The van der Waals surface area contributed by atoms with Crippen LogP contribution in [0.15, 0.2) is 35.1 Å². The second-order valence-corrected chi connectivity index (χ2v) is 7.24. The van der Waals surface area contributed by atoms with Crippen LogP contribution in [0.5, 0.6) is 0 Å². The summed E-state index contributed by atoms with van der Waals surface area (Å²) < 4.78 is 29.9. The summed E-state index contributed by atoms with van der Waals surface area (Å²) >= 11 is 0. The summed E-state index contributed by atoms with van der Waals surface area (Å²) in [5.41, 5.74) is 0.283. The summed E-state index contributed by atoms with van der Waals surface area (Å²) in [5, 5.41) is 4.50. The van der Waals surface area contributed by atoms with Gasteiger partial charge in [0.25, 0.3) is 5.92 Å². The van der Waals surface area contributed by atoms with E-state index in [9.17, 15) is 13.6 Å². The van der Waals surface area contributed by atoms with Crippen molar-refractivity contribution in [2.24, 2.45) is 5.92 Å². The van der Waals surface area contributed by atoms with Crippen LogP contribution in [-0.4, -0.2) is 25.7 Å². The average molecular weight is 360 g/mol. The predicted octanol–water partition coefficient (Wildman–Crippen LogP) is 3.89. The SMILES string of the molecule is O=c1cccc(-c2nc(C3CC=CCC3)n(CC3CCCC3(F)F)n2)[nH]1. The summed E-state index contributed by atoms with van der Waals surface area (Å²) in [4.78, 5) is 19.0. The zero-order valence-electron chi connectivity index (χ0n) is 14.5. The number of hydrogen-bond donors (Lipinski definition) is 1. The Morgan fingerprint density at radius 2 is 2.15 bits per heavy atom. The molecule has 1 N–H and O–H groups in total. The first-order chi connectivity index (χ1) is 12.5. The topological polar surface area (TPSA) is 63.6 Å². The van der Waals surface area contributed by atoms with Crippen molar-refractivity contribution in [3.05, 3.63) is 46.5 Å². The molecule has 0 amide bonds. The molecule has 2 unspecified atom stereocenters. The van der Waals surface area contributed by atoms with Crippen molar-refractivity contribution in [1.82, 2.24) is 19.7 Å². The molecule has 0 aromatic carbocycles. The number of aromatic amines is 1. The number of pyridine rings is 1. The molecular weight excluding hydrogens is 338 g/mol. The average Bonchev–Trinajstić information content (AvgIpc) is 3.20. The van der Waals surface area contributed by atoms with Gasteiger partial charge < -0.3 is 4.98 Å². The summed E-state index contributed by atoms with van der Waals surface area (Å²) in [6, 6.07) is 4.80. The van der Waals surface area contributed by atoms with E-state index in [1.165, 1.54) is 6.07 Å². The van der Waals surface area contributed by atoms with Gasteiger partial charge in [0.2, 0.25) is 5.56 Å². The van der Waals surface area contributed by atoms with Crippen molar-refractivity contribution in [1.29, 1.82) is 0 Å². The fourth-order valence-corrected chi connectivity index (χ4v) is 3.94. The van der Waals surface area contributed by atoms with E-state index in [0.717, 1.165) is 25.1 Å². The number of nitrogens with zero attached hydrogens (tertiary/aromatic N) is 3. The van der Waals surface area contributed by atoms with Crippen LogP contribution >= 0.6 is 0 Å². The molecule has 138 valence electrons. The molecule has 2 heterocycles. The second kappa shape index (κ2) is 6.78. The lowest BCUT2D eigenvalue weighted by Gasteiger charge is -2.22. The van der Waals surface area contributed by atoms with E-state index in [0.29, 0.717) is 24.4 Å². The van der Waals surface area contributed by atoms with E-state index in [2.05, 4.69) is 27.2 Å². The lowest BCUT2D eigenvalue weighted by Crippen LogP contribution is -2.27. The normalized spacial score (nSPS) is 24.8. The Kier molecular flexibility index (Phi) is 4.46. The van der Waals surface area contributed by atoms with Gasteiger partial charge in [-0.15, -0.1) is 5.10 Å². The summed E-state index contributed by atoms with van der Waals surface area (Å²) in [7, 11) is 0. The molecule has 2 aromatic rings. The molecule has 4 rings (SSSR count).